The van der Waals surface area contributed by atoms with E-state index in [0.29, 0.717) is 0 Å². The Balaban J connectivity index is 1.42. The number of hydrogen-bond donors (Lipinski definition) is 0. The molecule has 2 aromatic heterocycles. The lowest BCUT2D eigenvalue weighted by molar-refractivity contribution is 1.22. The smallest absolute Gasteiger partial charge is 0.146 e. The monoisotopic (exact) mass is 444 g/mol. The van der Waals surface area contributed by atoms with E-state index < -0.39 is 0 Å². The summed E-state index contributed by atoms with van der Waals surface area (Å²) in [5, 5.41) is 3.75. The van der Waals surface area contributed by atoms with Crippen molar-refractivity contribution in [1.29, 1.82) is 0 Å². The lowest BCUT2D eigenvalue weighted by Gasteiger charge is -2.10. The molecule has 9 rings (SSSR count). The Kier molecular flexibility index (Phi) is 3.16. The zero-order valence-corrected chi connectivity index (χ0v) is 19.0. The first kappa shape index (κ1) is 18.0. The van der Waals surface area contributed by atoms with Gasteiger partial charge in [0, 0.05) is 17.2 Å². The van der Waals surface area contributed by atoms with Gasteiger partial charge < -0.3 is 0 Å². The summed E-state index contributed by atoms with van der Waals surface area (Å²) in [6.45, 7) is 0. The van der Waals surface area contributed by atoms with E-state index in [9.17, 15) is 0 Å². The van der Waals surface area contributed by atoms with E-state index in [4.69, 9.17) is 4.98 Å². The van der Waals surface area contributed by atoms with Crippen molar-refractivity contribution in [2.24, 2.45) is 0 Å². The molecule has 2 aliphatic carbocycles. The number of hydrogen-bond acceptors (Lipinski definition) is 1. The molecule has 0 aliphatic heterocycles. The van der Waals surface area contributed by atoms with Crippen molar-refractivity contribution in [2.45, 2.75) is 12.8 Å². The number of aromatic nitrogens is 2. The molecule has 5 aromatic carbocycles. The minimum absolute atomic E-state index is 0.953. The average Bonchev–Trinajstić information content (AvgIpc) is 3.59. The molecule has 35 heavy (non-hydrogen) atoms. The number of rotatable bonds is 0. The second-order valence-electron chi connectivity index (χ2n) is 9.93. The van der Waals surface area contributed by atoms with E-state index in [0.717, 1.165) is 24.0 Å². The van der Waals surface area contributed by atoms with Crippen molar-refractivity contribution < 1.29 is 0 Å². The first-order valence-corrected chi connectivity index (χ1v) is 12.3. The van der Waals surface area contributed by atoms with Crippen LogP contribution in [0.5, 0.6) is 0 Å². The molecule has 0 bridgehead atoms. The number of fused-ring (bicyclic) bond motifs is 16. The molecule has 0 atom stereocenters. The molecular weight excluding hydrogens is 424 g/mol. The summed E-state index contributed by atoms with van der Waals surface area (Å²) in [4.78, 5) is 5.21. The Morgan fingerprint density at radius 2 is 1.29 bits per heavy atom. The van der Waals surface area contributed by atoms with Crippen LogP contribution in [0.1, 0.15) is 22.3 Å². The highest BCUT2D eigenvalue weighted by molar-refractivity contribution is 6.14. The van der Waals surface area contributed by atoms with Crippen molar-refractivity contribution in [3.05, 3.63) is 119 Å². The average molecular weight is 445 g/mol. The van der Waals surface area contributed by atoms with Crippen LogP contribution in [0.25, 0.3) is 60.6 Å². The maximum atomic E-state index is 5.21. The van der Waals surface area contributed by atoms with Gasteiger partial charge >= 0.3 is 0 Å². The van der Waals surface area contributed by atoms with E-state index in [2.05, 4.69) is 101 Å². The van der Waals surface area contributed by atoms with Crippen molar-refractivity contribution in [3.8, 4) is 22.3 Å². The third-order valence-electron chi connectivity index (χ3n) is 8.24. The lowest BCUT2D eigenvalue weighted by atomic mass is 9.95. The molecular formula is C33H20N2. The van der Waals surface area contributed by atoms with Gasteiger partial charge in [0.2, 0.25) is 0 Å². The summed E-state index contributed by atoms with van der Waals surface area (Å²) in [7, 11) is 0. The van der Waals surface area contributed by atoms with Crippen molar-refractivity contribution in [3.63, 3.8) is 0 Å². The molecule has 0 spiro atoms. The minimum atomic E-state index is 0.953. The number of imidazole rings is 1. The number of benzene rings is 5. The zero-order valence-electron chi connectivity index (χ0n) is 19.0. The summed E-state index contributed by atoms with van der Waals surface area (Å²) in [6.07, 6.45) is 1.99. The second kappa shape index (κ2) is 6.17. The fraction of sp³-hybridized carbons (Fsp3) is 0.0606. The van der Waals surface area contributed by atoms with Crippen LogP contribution >= 0.6 is 0 Å². The normalized spacial score (nSPS) is 13.5. The molecule has 7 aromatic rings. The Morgan fingerprint density at radius 3 is 2.23 bits per heavy atom. The van der Waals surface area contributed by atoms with Crippen LogP contribution in [-0.4, -0.2) is 9.38 Å². The van der Waals surface area contributed by atoms with Gasteiger partial charge in [0.05, 0.1) is 16.6 Å². The summed E-state index contributed by atoms with van der Waals surface area (Å²) in [5.41, 5.74) is 16.0. The topological polar surface area (TPSA) is 17.3 Å². The highest BCUT2D eigenvalue weighted by Crippen LogP contribution is 2.49. The molecule has 0 saturated heterocycles. The highest BCUT2D eigenvalue weighted by atomic mass is 15.0. The fourth-order valence-corrected chi connectivity index (χ4v) is 6.80. The van der Waals surface area contributed by atoms with Gasteiger partial charge in [-0.05, 0) is 68.4 Å². The van der Waals surface area contributed by atoms with Gasteiger partial charge in [-0.15, -0.1) is 0 Å². The number of pyridine rings is 1. The SMILES string of the molecule is c1ccc2c(c1)Cc1ccc3c(c1-2)Cc1c-3ccc2nc3c4ccccc4c4ccccc4n3c12. The molecule has 2 nitrogen and oxygen atoms in total. The van der Waals surface area contributed by atoms with Crippen molar-refractivity contribution >= 4 is 38.4 Å². The minimum Gasteiger partial charge on any atom is -0.291 e. The summed E-state index contributed by atoms with van der Waals surface area (Å²) < 4.78 is 2.42. The molecule has 0 radical (unpaired) electrons. The van der Waals surface area contributed by atoms with Crippen molar-refractivity contribution in [1.82, 2.24) is 9.38 Å². The molecule has 0 unspecified atom stereocenters. The maximum Gasteiger partial charge on any atom is 0.146 e. The van der Waals surface area contributed by atoms with Crippen LogP contribution in [0.4, 0.5) is 0 Å². The quantitative estimate of drug-likeness (QED) is 0.217. The Labute approximate surface area is 202 Å². The van der Waals surface area contributed by atoms with E-state index in [1.54, 1.807) is 0 Å². The van der Waals surface area contributed by atoms with E-state index >= 15 is 0 Å². The van der Waals surface area contributed by atoms with Gasteiger partial charge in [0.1, 0.15) is 5.65 Å². The predicted molar refractivity (Wildman–Crippen MR) is 144 cm³/mol. The molecule has 2 aliphatic rings. The van der Waals surface area contributed by atoms with Crippen LogP contribution in [-0.2, 0) is 12.8 Å². The fourth-order valence-electron chi connectivity index (χ4n) is 6.80. The first-order valence-electron chi connectivity index (χ1n) is 12.3. The maximum absolute atomic E-state index is 5.21. The third-order valence-corrected chi connectivity index (χ3v) is 8.24. The van der Waals surface area contributed by atoms with Gasteiger partial charge in [0.25, 0.3) is 0 Å². The van der Waals surface area contributed by atoms with Gasteiger partial charge in [-0.1, -0.05) is 84.9 Å². The van der Waals surface area contributed by atoms with Crippen LogP contribution < -0.4 is 0 Å². The largest absolute Gasteiger partial charge is 0.291 e. The molecule has 2 heterocycles. The zero-order chi connectivity index (χ0) is 22.7. The van der Waals surface area contributed by atoms with Crippen LogP contribution in [0, 0.1) is 0 Å². The highest BCUT2D eigenvalue weighted by Gasteiger charge is 2.30. The Bertz CT molecular complexity index is 2060. The van der Waals surface area contributed by atoms with Gasteiger partial charge in [-0.2, -0.15) is 0 Å². The molecule has 0 N–H and O–H groups in total. The van der Waals surface area contributed by atoms with Gasteiger partial charge in [-0.3, -0.25) is 4.40 Å². The Hall–Kier alpha value is -4.43. The molecule has 162 valence electrons. The third kappa shape index (κ3) is 2.14. The van der Waals surface area contributed by atoms with Crippen LogP contribution in [0.3, 0.4) is 0 Å². The van der Waals surface area contributed by atoms with Gasteiger partial charge in [0.15, 0.2) is 0 Å². The summed E-state index contributed by atoms with van der Waals surface area (Å²) in [5.74, 6) is 0. The molecule has 2 heteroatoms. The molecule has 0 amide bonds. The summed E-state index contributed by atoms with van der Waals surface area (Å²) in [6, 6.07) is 35.6. The number of para-hydroxylation sites is 1. The Morgan fingerprint density at radius 1 is 0.543 bits per heavy atom. The van der Waals surface area contributed by atoms with E-state index in [1.807, 2.05) is 0 Å². The number of nitrogens with zero attached hydrogens (tertiary/aromatic N) is 2. The molecule has 0 fully saturated rings. The van der Waals surface area contributed by atoms with E-state index in [-0.39, 0.29) is 0 Å². The van der Waals surface area contributed by atoms with Crippen LogP contribution in [0.2, 0.25) is 0 Å². The van der Waals surface area contributed by atoms with E-state index in [1.165, 1.54) is 71.7 Å². The second-order valence-corrected chi connectivity index (χ2v) is 9.93. The molecule has 0 saturated carbocycles. The predicted octanol–water partition coefficient (Wildman–Crippen LogP) is 7.94. The van der Waals surface area contributed by atoms with Crippen molar-refractivity contribution in [2.75, 3.05) is 0 Å². The van der Waals surface area contributed by atoms with Gasteiger partial charge in [-0.25, -0.2) is 4.98 Å². The standard InChI is InChI=1S/C33H20N2/c1-2-8-21-19(7-1)17-20-13-14-23-24-15-16-29-32(28(24)18-27(23)31(20)21)35-30-12-6-5-10-25(30)22-9-3-4-11-26(22)33(35)34-29/h1-16H,17-18H2. The first-order chi connectivity index (χ1) is 17.4. The lowest BCUT2D eigenvalue weighted by Crippen LogP contribution is -1.94. The van der Waals surface area contributed by atoms with Crippen LogP contribution in [0.15, 0.2) is 97.1 Å². The summed E-state index contributed by atoms with van der Waals surface area (Å²) >= 11 is 0.